The van der Waals surface area contributed by atoms with Crippen molar-refractivity contribution in [3.63, 3.8) is 0 Å². The van der Waals surface area contributed by atoms with Crippen molar-refractivity contribution < 1.29 is 9.13 Å². The molecule has 3 rings (SSSR count). The molecule has 0 spiro atoms. The first kappa shape index (κ1) is 12.5. The molecule has 0 saturated heterocycles. The largest absolute Gasteiger partial charge is 0.485 e. The zero-order chi connectivity index (χ0) is 13.4. The van der Waals surface area contributed by atoms with Crippen molar-refractivity contribution in [2.24, 2.45) is 5.73 Å². The average molecular weight is 278 g/mol. The highest BCUT2D eigenvalue weighted by atomic mass is 35.5. The maximum absolute atomic E-state index is 13.2. The van der Waals surface area contributed by atoms with Gasteiger partial charge < -0.3 is 10.5 Å². The van der Waals surface area contributed by atoms with Crippen LogP contribution >= 0.6 is 11.6 Å². The van der Waals surface area contributed by atoms with E-state index < -0.39 is 0 Å². The van der Waals surface area contributed by atoms with Gasteiger partial charge in [-0.05, 0) is 35.9 Å². The van der Waals surface area contributed by atoms with Gasteiger partial charge >= 0.3 is 0 Å². The van der Waals surface area contributed by atoms with Crippen LogP contribution in [0.4, 0.5) is 4.39 Å². The van der Waals surface area contributed by atoms with E-state index in [-0.39, 0.29) is 18.0 Å². The third-order valence-corrected chi connectivity index (χ3v) is 3.60. The van der Waals surface area contributed by atoms with Gasteiger partial charge in [-0.25, -0.2) is 4.39 Å². The molecule has 0 bridgehead atoms. The second-order valence-electron chi connectivity index (χ2n) is 4.68. The van der Waals surface area contributed by atoms with E-state index in [0.717, 1.165) is 11.1 Å². The van der Waals surface area contributed by atoms with Crippen LogP contribution in [0.15, 0.2) is 42.5 Å². The SMILES string of the molecule is N[C@H]1CC(c2ccc(Cl)cc2)Oc2ccc(F)cc21. The van der Waals surface area contributed by atoms with Gasteiger partial charge in [0.15, 0.2) is 0 Å². The van der Waals surface area contributed by atoms with Crippen molar-refractivity contribution in [3.05, 3.63) is 64.4 Å². The van der Waals surface area contributed by atoms with E-state index in [1.807, 2.05) is 24.3 Å². The van der Waals surface area contributed by atoms with Crippen LogP contribution < -0.4 is 10.5 Å². The average Bonchev–Trinajstić information content (AvgIpc) is 2.40. The van der Waals surface area contributed by atoms with Crippen LogP contribution in [-0.4, -0.2) is 0 Å². The molecule has 1 aliphatic heterocycles. The third-order valence-electron chi connectivity index (χ3n) is 3.35. The Labute approximate surface area is 115 Å². The molecular formula is C15H13ClFNO. The number of nitrogens with two attached hydrogens (primary N) is 1. The minimum absolute atomic E-state index is 0.120. The van der Waals surface area contributed by atoms with Gasteiger partial charge in [0, 0.05) is 23.0 Å². The zero-order valence-corrected chi connectivity index (χ0v) is 10.9. The molecule has 19 heavy (non-hydrogen) atoms. The summed E-state index contributed by atoms with van der Waals surface area (Å²) in [6.07, 6.45) is 0.503. The summed E-state index contributed by atoms with van der Waals surface area (Å²) in [5, 5.41) is 0.686. The van der Waals surface area contributed by atoms with Gasteiger partial charge in [0.2, 0.25) is 0 Å². The normalized spacial score (nSPS) is 21.6. The number of rotatable bonds is 1. The molecular weight excluding hydrogens is 265 g/mol. The lowest BCUT2D eigenvalue weighted by Gasteiger charge is -2.30. The topological polar surface area (TPSA) is 35.2 Å². The summed E-state index contributed by atoms with van der Waals surface area (Å²) in [5.74, 6) is 0.364. The lowest BCUT2D eigenvalue weighted by Crippen LogP contribution is -2.24. The van der Waals surface area contributed by atoms with E-state index in [1.54, 1.807) is 6.07 Å². The predicted molar refractivity (Wildman–Crippen MR) is 72.8 cm³/mol. The van der Waals surface area contributed by atoms with Crippen LogP contribution in [-0.2, 0) is 0 Å². The second-order valence-corrected chi connectivity index (χ2v) is 5.12. The summed E-state index contributed by atoms with van der Waals surface area (Å²) in [7, 11) is 0. The number of fused-ring (bicyclic) bond motifs is 1. The standard InChI is InChI=1S/C15H13ClFNO/c16-10-3-1-9(2-4-10)15-8-13(18)12-7-11(17)5-6-14(12)19-15/h1-7,13,15H,8,18H2/t13-,15?/m0/s1. The van der Waals surface area contributed by atoms with Gasteiger partial charge in [0.1, 0.15) is 17.7 Å². The first-order valence-electron chi connectivity index (χ1n) is 6.10. The molecule has 0 saturated carbocycles. The highest BCUT2D eigenvalue weighted by molar-refractivity contribution is 6.30. The Morgan fingerprint density at radius 1 is 1.16 bits per heavy atom. The van der Waals surface area contributed by atoms with E-state index in [0.29, 0.717) is 17.2 Å². The minimum Gasteiger partial charge on any atom is -0.485 e. The molecule has 0 aliphatic carbocycles. The quantitative estimate of drug-likeness (QED) is 0.855. The van der Waals surface area contributed by atoms with Crippen molar-refractivity contribution in [1.82, 2.24) is 0 Å². The van der Waals surface area contributed by atoms with E-state index in [9.17, 15) is 4.39 Å². The van der Waals surface area contributed by atoms with Crippen molar-refractivity contribution >= 4 is 11.6 Å². The Morgan fingerprint density at radius 2 is 1.89 bits per heavy atom. The molecule has 2 aromatic carbocycles. The van der Waals surface area contributed by atoms with E-state index in [1.165, 1.54) is 12.1 Å². The van der Waals surface area contributed by atoms with Crippen molar-refractivity contribution in [2.75, 3.05) is 0 Å². The molecule has 2 N–H and O–H groups in total. The molecule has 98 valence electrons. The van der Waals surface area contributed by atoms with E-state index in [4.69, 9.17) is 22.1 Å². The molecule has 0 fully saturated rings. The predicted octanol–water partition coefficient (Wildman–Crippen LogP) is 4.00. The van der Waals surface area contributed by atoms with Crippen molar-refractivity contribution in [2.45, 2.75) is 18.6 Å². The number of ether oxygens (including phenoxy) is 1. The third kappa shape index (κ3) is 2.44. The van der Waals surface area contributed by atoms with Crippen molar-refractivity contribution in [1.29, 1.82) is 0 Å². The fraction of sp³-hybridized carbons (Fsp3) is 0.200. The first-order valence-corrected chi connectivity index (χ1v) is 6.48. The molecule has 2 aromatic rings. The molecule has 1 heterocycles. The highest BCUT2D eigenvalue weighted by Gasteiger charge is 2.27. The smallest absolute Gasteiger partial charge is 0.126 e. The Balaban J connectivity index is 1.92. The van der Waals surface area contributed by atoms with Gasteiger partial charge in [-0.3, -0.25) is 0 Å². The van der Waals surface area contributed by atoms with Gasteiger partial charge in [-0.2, -0.15) is 0 Å². The second kappa shape index (κ2) is 4.83. The number of hydrogen-bond acceptors (Lipinski definition) is 2. The molecule has 0 radical (unpaired) electrons. The first-order chi connectivity index (χ1) is 9.13. The summed E-state index contributed by atoms with van der Waals surface area (Å²) in [5.41, 5.74) is 7.85. The maximum atomic E-state index is 13.2. The Morgan fingerprint density at radius 3 is 2.63 bits per heavy atom. The Hall–Kier alpha value is -1.58. The Kier molecular flexibility index (Phi) is 3.17. The highest BCUT2D eigenvalue weighted by Crippen LogP contribution is 2.39. The van der Waals surface area contributed by atoms with E-state index >= 15 is 0 Å². The lowest BCUT2D eigenvalue weighted by atomic mass is 9.93. The molecule has 1 unspecified atom stereocenters. The molecule has 0 aromatic heterocycles. The van der Waals surface area contributed by atoms with Gasteiger partial charge in [0.25, 0.3) is 0 Å². The number of halogens is 2. The summed E-state index contributed by atoms with van der Waals surface area (Å²) in [4.78, 5) is 0. The van der Waals surface area contributed by atoms with Crippen molar-refractivity contribution in [3.8, 4) is 5.75 Å². The van der Waals surface area contributed by atoms with Gasteiger partial charge in [0.05, 0.1) is 0 Å². The monoisotopic (exact) mass is 277 g/mol. The molecule has 1 aliphatic rings. The number of hydrogen-bond donors (Lipinski definition) is 1. The fourth-order valence-corrected chi connectivity index (χ4v) is 2.48. The lowest BCUT2D eigenvalue weighted by molar-refractivity contribution is 0.161. The van der Waals surface area contributed by atoms with E-state index in [2.05, 4.69) is 0 Å². The van der Waals surface area contributed by atoms with Gasteiger partial charge in [-0.1, -0.05) is 23.7 Å². The van der Waals surface area contributed by atoms with Crippen LogP contribution in [0.5, 0.6) is 5.75 Å². The maximum Gasteiger partial charge on any atom is 0.126 e. The zero-order valence-electron chi connectivity index (χ0n) is 10.1. The van der Waals surface area contributed by atoms with Crippen LogP contribution in [0.1, 0.15) is 29.7 Å². The molecule has 2 atom stereocenters. The summed E-state index contributed by atoms with van der Waals surface area (Å²) >= 11 is 5.87. The molecule has 4 heteroatoms. The summed E-state index contributed by atoms with van der Waals surface area (Å²) in [6, 6.07) is 11.7. The molecule has 2 nitrogen and oxygen atoms in total. The molecule has 0 amide bonds. The van der Waals surface area contributed by atoms with Crippen LogP contribution in [0, 0.1) is 5.82 Å². The summed E-state index contributed by atoms with van der Waals surface area (Å²) < 4.78 is 19.1. The summed E-state index contributed by atoms with van der Waals surface area (Å²) in [6.45, 7) is 0. The minimum atomic E-state index is -0.289. The van der Waals surface area contributed by atoms with Gasteiger partial charge in [-0.15, -0.1) is 0 Å². The van der Waals surface area contributed by atoms with Crippen LogP contribution in [0.25, 0.3) is 0 Å². The number of benzene rings is 2. The van der Waals surface area contributed by atoms with Crippen LogP contribution in [0.3, 0.4) is 0 Å². The Bertz CT molecular complexity index is 600. The fourth-order valence-electron chi connectivity index (χ4n) is 2.36. The van der Waals surface area contributed by atoms with Crippen LogP contribution in [0.2, 0.25) is 5.02 Å².